The van der Waals surface area contributed by atoms with Gasteiger partial charge in [-0.25, -0.2) is 0 Å². The molecule has 0 unspecified atom stereocenters. The van der Waals surface area contributed by atoms with Crippen molar-refractivity contribution in [1.82, 2.24) is 0 Å². The van der Waals surface area contributed by atoms with Gasteiger partial charge in [-0.3, -0.25) is 4.79 Å². The highest BCUT2D eigenvalue weighted by Crippen LogP contribution is 2.24. The van der Waals surface area contributed by atoms with Gasteiger partial charge in [-0.2, -0.15) is 0 Å². The Bertz CT molecular complexity index is 218. The summed E-state index contributed by atoms with van der Waals surface area (Å²) in [4.78, 5) is 11.8. The van der Waals surface area contributed by atoms with Crippen LogP contribution in [-0.4, -0.2) is 17.6 Å². The van der Waals surface area contributed by atoms with Crippen LogP contribution in [0.4, 0.5) is 0 Å². The third-order valence-electron chi connectivity index (χ3n) is 2.87. The summed E-state index contributed by atoms with van der Waals surface area (Å²) in [6.07, 6.45) is 5.14. The molecule has 0 aliphatic heterocycles. The second-order valence-corrected chi connectivity index (χ2v) is 5.33. The van der Waals surface area contributed by atoms with E-state index in [1.165, 1.54) is 12.8 Å². The molecule has 0 aromatic heterocycles. The van der Waals surface area contributed by atoms with Crippen molar-refractivity contribution in [2.75, 3.05) is 0 Å². The molecule has 2 N–H and O–H groups in total. The Morgan fingerprint density at radius 3 is 2.47 bits per heavy atom. The fourth-order valence-corrected chi connectivity index (χ4v) is 2.22. The van der Waals surface area contributed by atoms with Crippen LogP contribution < -0.4 is 5.73 Å². The molecule has 1 aliphatic rings. The molecule has 3 heteroatoms. The molecule has 1 rings (SSSR count). The van der Waals surface area contributed by atoms with Gasteiger partial charge in [0.2, 0.25) is 0 Å². The predicted molar refractivity (Wildman–Crippen MR) is 60.4 cm³/mol. The molecule has 0 bridgehead atoms. The fourth-order valence-electron chi connectivity index (χ4n) is 2.22. The van der Waals surface area contributed by atoms with Crippen LogP contribution in [0.2, 0.25) is 0 Å². The molecule has 1 saturated carbocycles. The van der Waals surface area contributed by atoms with E-state index in [-0.39, 0.29) is 12.1 Å². The lowest BCUT2D eigenvalue weighted by molar-refractivity contribution is -0.155. The molecule has 0 radical (unpaired) electrons. The van der Waals surface area contributed by atoms with Crippen LogP contribution in [0.25, 0.3) is 0 Å². The summed E-state index contributed by atoms with van der Waals surface area (Å²) in [7, 11) is 0. The minimum atomic E-state index is -0.823. The largest absolute Gasteiger partial charge is 0.461 e. The van der Waals surface area contributed by atoms with E-state index in [2.05, 4.69) is 13.8 Å². The van der Waals surface area contributed by atoms with Crippen LogP contribution in [0.1, 0.15) is 52.9 Å². The van der Waals surface area contributed by atoms with Gasteiger partial charge in [0, 0.05) is 0 Å². The highest BCUT2D eigenvalue weighted by Gasteiger charge is 2.33. The summed E-state index contributed by atoms with van der Waals surface area (Å²) in [6.45, 7) is 5.90. The Balaban J connectivity index is 2.43. The fraction of sp³-hybridized carbons (Fsp3) is 0.917. The second-order valence-electron chi connectivity index (χ2n) is 5.33. The lowest BCUT2D eigenvalue weighted by Crippen LogP contribution is -2.48. The van der Waals surface area contributed by atoms with Gasteiger partial charge in [-0.1, -0.05) is 13.8 Å². The third-order valence-corrected chi connectivity index (χ3v) is 2.87. The van der Waals surface area contributed by atoms with E-state index in [1.807, 2.05) is 0 Å². The van der Waals surface area contributed by atoms with Crippen molar-refractivity contribution >= 4 is 5.97 Å². The van der Waals surface area contributed by atoms with Crippen LogP contribution in [0.5, 0.6) is 0 Å². The number of carbonyl (C=O) groups excluding carboxylic acids is 1. The Labute approximate surface area is 92.4 Å². The van der Waals surface area contributed by atoms with Crippen LogP contribution in [0, 0.1) is 5.92 Å². The summed E-state index contributed by atoms with van der Waals surface area (Å²) in [6, 6.07) is 0. The van der Waals surface area contributed by atoms with Crippen molar-refractivity contribution in [2.45, 2.75) is 64.5 Å². The molecule has 0 aromatic rings. The van der Waals surface area contributed by atoms with E-state index in [9.17, 15) is 4.79 Å². The molecule has 0 aromatic carbocycles. The van der Waals surface area contributed by atoms with Crippen LogP contribution in [-0.2, 0) is 9.53 Å². The molecular formula is C12H23NO2. The van der Waals surface area contributed by atoms with E-state index in [0.717, 1.165) is 12.8 Å². The Kier molecular flexibility index (Phi) is 4.14. The first kappa shape index (κ1) is 12.5. The van der Waals surface area contributed by atoms with Gasteiger partial charge in [0.25, 0.3) is 0 Å². The first-order chi connectivity index (χ1) is 6.92. The van der Waals surface area contributed by atoms with Crippen LogP contribution in [0.3, 0.4) is 0 Å². The molecule has 88 valence electrons. The number of nitrogens with two attached hydrogens (primary N) is 1. The molecule has 1 atom stereocenters. The predicted octanol–water partition coefficient (Wildman–Crippen LogP) is 2.24. The average molecular weight is 213 g/mol. The molecule has 1 aliphatic carbocycles. The maximum Gasteiger partial charge on any atom is 0.326 e. The summed E-state index contributed by atoms with van der Waals surface area (Å²) < 4.78 is 5.41. The Hall–Kier alpha value is -0.570. The quantitative estimate of drug-likeness (QED) is 0.729. The third kappa shape index (κ3) is 3.82. The van der Waals surface area contributed by atoms with Crippen molar-refractivity contribution in [1.29, 1.82) is 0 Å². The standard InChI is InChI=1S/C12H23NO2/c1-9(2)8-12(3,13)11(14)15-10-6-4-5-7-10/h9-10H,4-8,13H2,1-3H3/t12-/m0/s1. The number of carbonyl (C=O) groups is 1. The van der Waals surface area contributed by atoms with Crippen molar-refractivity contribution in [2.24, 2.45) is 11.7 Å². The zero-order chi connectivity index (χ0) is 11.5. The maximum atomic E-state index is 11.8. The average Bonchev–Trinajstić information content (AvgIpc) is 2.54. The van der Waals surface area contributed by atoms with Gasteiger partial charge >= 0.3 is 5.97 Å². The van der Waals surface area contributed by atoms with Gasteiger partial charge < -0.3 is 10.5 Å². The summed E-state index contributed by atoms with van der Waals surface area (Å²) in [5.41, 5.74) is 5.14. The number of ether oxygens (including phenoxy) is 1. The topological polar surface area (TPSA) is 52.3 Å². The first-order valence-corrected chi connectivity index (χ1v) is 5.92. The molecule has 3 nitrogen and oxygen atoms in total. The van der Waals surface area contributed by atoms with E-state index < -0.39 is 5.54 Å². The molecule has 15 heavy (non-hydrogen) atoms. The molecular weight excluding hydrogens is 190 g/mol. The van der Waals surface area contributed by atoms with Crippen molar-refractivity contribution in [3.8, 4) is 0 Å². The smallest absolute Gasteiger partial charge is 0.326 e. The summed E-state index contributed by atoms with van der Waals surface area (Å²) in [5, 5.41) is 0. The van der Waals surface area contributed by atoms with E-state index in [1.54, 1.807) is 6.92 Å². The minimum Gasteiger partial charge on any atom is -0.461 e. The molecule has 0 heterocycles. The van der Waals surface area contributed by atoms with E-state index in [4.69, 9.17) is 10.5 Å². The van der Waals surface area contributed by atoms with Gasteiger partial charge in [0.1, 0.15) is 11.6 Å². The maximum absolute atomic E-state index is 11.8. The Morgan fingerprint density at radius 2 is 2.00 bits per heavy atom. The van der Waals surface area contributed by atoms with E-state index >= 15 is 0 Å². The number of hydrogen-bond donors (Lipinski definition) is 1. The number of hydrogen-bond acceptors (Lipinski definition) is 3. The van der Waals surface area contributed by atoms with Gasteiger partial charge in [-0.05, 0) is 44.9 Å². The molecule has 1 fully saturated rings. The SMILES string of the molecule is CC(C)C[C@](C)(N)C(=O)OC1CCCC1. The van der Waals surface area contributed by atoms with Crippen molar-refractivity contribution in [3.05, 3.63) is 0 Å². The summed E-state index contributed by atoms with van der Waals surface area (Å²) in [5.74, 6) is 0.180. The van der Waals surface area contributed by atoms with Gasteiger partial charge in [0.05, 0.1) is 0 Å². The Morgan fingerprint density at radius 1 is 1.47 bits per heavy atom. The first-order valence-electron chi connectivity index (χ1n) is 5.92. The molecule has 0 amide bonds. The van der Waals surface area contributed by atoms with Crippen molar-refractivity contribution in [3.63, 3.8) is 0 Å². The molecule has 0 saturated heterocycles. The molecule has 0 spiro atoms. The monoisotopic (exact) mass is 213 g/mol. The van der Waals surface area contributed by atoms with Gasteiger partial charge in [0.15, 0.2) is 0 Å². The zero-order valence-electron chi connectivity index (χ0n) is 10.1. The normalized spacial score (nSPS) is 21.7. The van der Waals surface area contributed by atoms with Gasteiger partial charge in [-0.15, -0.1) is 0 Å². The van der Waals surface area contributed by atoms with Crippen molar-refractivity contribution < 1.29 is 9.53 Å². The zero-order valence-corrected chi connectivity index (χ0v) is 10.1. The highest BCUT2D eigenvalue weighted by molar-refractivity contribution is 5.80. The second kappa shape index (κ2) is 4.97. The summed E-state index contributed by atoms with van der Waals surface area (Å²) >= 11 is 0. The minimum absolute atomic E-state index is 0.118. The lowest BCUT2D eigenvalue weighted by Gasteiger charge is -2.26. The van der Waals surface area contributed by atoms with Crippen LogP contribution >= 0.6 is 0 Å². The number of esters is 1. The van der Waals surface area contributed by atoms with Crippen LogP contribution in [0.15, 0.2) is 0 Å². The van der Waals surface area contributed by atoms with E-state index in [0.29, 0.717) is 12.3 Å². The lowest BCUT2D eigenvalue weighted by atomic mass is 9.92. The number of rotatable bonds is 4. The highest BCUT2D eigenvalue weighted by atomic mass is 16.5.